The van der Waals surface area contributed by atoms with Gasteiger partial charge in [0, 0.05) is 11.6 Å². The van der Waals surface area contributed by atoms with Crippen LogP contribution in [-0.4, -0.2) is 25.5 Å². The number of hydrogen-bond acceptors (Lipinski definition) is 4. The van der Waals surface area contributed by atoms with E-state index in [0.717, 1.165) is 22.8 Å². The zero-order valence-corrected chi connectivity index (χ0v) is 14.5. The molecule has 4 aromatic rings. The van der Waals surface area contributed by atoms with Gasteiger partial charge in [-0.1, -0.05) is 18.2 Å². The van der Waals surface area contributed by atoms with Crippen molar-refractivity contribution in [3.05, 3.63) is 78.1 Å². The van der Waals surface area contributed by atoms with Crippen molar-refractivity contribution >= 4 is 17.2 Å². The predicted molar refractivity (Wildman–Crippen MR) is 95.6 cm³/mol. The fourth-order valence-corrected chi connectivity index (χ4v) is 2.80. The van der Waals surface area contributed by atoms with Crippen LogP contribution in [0.25, 0.3) is 16.9 Å². The number of alkyl halides is 3. The summed E-state index contributed by atoms with van der Waals surface area (Å²) in [7, 11) is 0. The van der Waals surface area contributed by atoms with Crippen molar-refractivity contribution in [1.82, 2.24) is 19.6 Å². The number of pyridine rings is 1. The number of halogens is 4. The lowest BCUT2D eigenvalue weighted by Gasteiger charge is -2.12. The Morgan fingerprint density at radius 1 is 1.03 bits per heavy atom. The second-order valence-corrected chi connectivity index (χ2v) is 6.02. The number of nitrogens with zero attached hydrogens (tertiary/aromatic N) is 4. The highest BCUT2D eigenvalue weighted by Crippen LogP contribution is 2.36. The summed E-state index contributed by atoms with van der Waals surface area (Å²) in [6.07, 6.45) is -1.10. The summed E-state index contributed by atoms with van der Waals surface area (Å²) < 4.78 is 54.3. The highest BCUT2D eigenvalue weighted by molar-refractivity contribution is 6.03. The van der Waals surface area contributed by atoms with Crippen LogP contribution in [0.5, 0.6) is 0 Å². The van der Waals surface area contributed by atoms with Gasteiger partial charge in [-0.25, -0.2) is 13.9 Å². The van der Waals surface area contributed by atoms with Crippen LogP contribution < -0.4 is 5.32 Å². The summed E-state index contributed by atoms with van der Waals surface area (Å²) in [5.41, 5.74) is -0.607. The van der Waals surface area contributed by atoms with Crippen molar-refractivity contribution in [3.63, 3.8) is 0 Å². The first-order valence-electron chi connectivity index (χ1n) is 8.26. The first-order chi connectivity index (χ1) is 13.8. The Kier molecular flexibility index (Phi) is 4.45. The number of anilines is 1. The Hall–Kier alpha value is -3.82. The molecule has 0 aliphatic heterocycles. The van der Waals surface area contributed by atoms with Crippen LogP contribution in [0.1, 0.15) is 16.1 Å². The van der Waals surface area contributed by atoms with Crippen molar-refractivity contribution in [3.8, 4) is 11.3 Å². The molecule has 0 radical (unpaired) electrons. The molecule has 0 aliphatic rings. The molecule has 0 aliphatic carbocycles. The highest BCUT2D eigenvalue weighted by atomic mass is 19.4. The standard InChI is InChI=1S/C19H11F4N5O/c20-11-7-12(9-24-8-11)26-18(29)16-10-25-17-6-5-15(27-28(16)17)13-3-1-2-4-14(13)19(21,22)23/h1-10H,(H,26,29). The maximum absolute atomic E-state index is 13.3. The quantitative estimate of drug-likeness (QED) is 0.523. The molecule has 10 heteroatoms. The molecule has 6 nitrogen and oxygen atoms in total. The molecule has 0 unspecified atom stereocenters. The van der Waals surface area contributed by atoms with Gasteiger partial charge in [0.1, 0.15) is 5.82 Å². The minimum Gasteiger partial charge on any atom is -0.319 e. The van der Waals surface area contributed by atoms with Crippen LogP contribution >= 0.6 is 0 Å². The van der Waals surface area contributed by atoms with Gasteiger partial charge in [-0.15, -0.1) is 0 Å². The summed E-state index contributed by atoms with van der Waals surface area (Å²) in [4.78, 5) is 20.2. The molecule has 4 rings (SSSR count). The van der Waals surface area contributed by atoms with Crippen molar-refractivity contribution in [1.29, 1.82) is 0 Å². The molecule has 0 spiro atoms. The Balaban J connectivity index is 1.75. The highest BCUT2D eigenvalue weighted by Gasteiger charge is 2.33. The number of fused-ring (bicyclic) bond motifs is 1. The van der Waals surface area contributed by atoms with E-state index in [0.29, 0.717) is 0 Å². The molecular formula is C19H11F4N5O. The van der Waals surface area contributed by atoms with Crippen molar-refractivity contribution in [2.45, 2.75) is 6.18 Å². The molecule has 29 heavy (non-hydrogen) atoms. The Morgan fingerprint density at radius 3 is 2.59 bits per heavy atom. The molecule has 1 N–H and O–H groups in total. The number of amides is 1. The van der Waals surface area contributed by atoms with E-state index < -0.39 is 23.5 Å². The minimum absolute atomic E-state index is 0.0184. The largest absolute Gasteiger partial charge is 0.417 e. The lowest BCUT2D eigenvalue weighted by molar-refractivity contribution is -0.137. The third kappa shape index (κ3) is 3.64. The number of aromatic nitrogens is 4. The van der Waals surface area contributed by atoms with E-state index in [4.69, 9.17) is 0 Å². The van der Waals surface area contributed by atoms with Crippen molar-refractivity contribution in [2.24, 2.45) is 0 Å². The topological polar surface area (TPSA) is 72.2 Å². The zero-order valence-electron chi connectivity index (χ0n) is 14.5. The molecule has 0 saturated carbocycles. The lowest BCUT2D eigenvalue weighted by atomic mass is 10.0. The van der Waals surface area contributed by atoms with Crippen LogP contribution in [0.15, 0.2) is 61.1 Å². The normalized spacial score (nSPS) is 11.6. The van der Waals surface area contributed by atoms with Crippen molar-refractivity contribution < 1.29 is 22.4 Å². The molecule has 3 aromatic heterocycles. The lowest BCUT2D eigenvalue weighted by Crippen LogP contribution is -2.16. The molecule has 0 fully saturated rings. The smallest absolute Gasteiger partial charge is 0.319 e. The minimum atomic E-state index is -4.56. The summed E-state index contributed by atoms with van der Waals surface area (Å²) in [5, 5.41) is 6.61. The van der Waals surface area contributed by atoms with Crippen LogP contribution in [0.2, 0.25) is 0 Å². The number of nitrogens with one attached hydrogen (secondary N) is 1. The fourth-order valence-electron chi connectivity index (χ4n) is 2.80. The molecule has 0 bridgehead atoms. The van der Waals surface area contributed by atoms with Gasteiger partial charge in [0.15, 0.2) is 11.3 Å². The van der Waals surface area contributed by atoms with Gasteiger partial charge in [-0.05, 0) is 18.2 Å². The first kappa shape index (κ1) is 18.5. The number of imidazole rings is 1. The molecule has 146 valence electrons. The van der Waals surface area contributed by atoms with E-state index in [1.165, 1.54) is 42.7 Å². The third-order valence-electron chi connectivity index (χ3n) is 4.07. The zero-order chi connectivity index (χ0) is 20.6. The van der Waals surface area contributed by atoms with E-state index in [1.54, 1.807) is 0 Å². The number of benzene rings is 1. The van der Waals surface area contributed by atoms with Crippen LogP contribution in [0, 0.1) is 5.82 Å². The summed E-state index contributed by atoms with van der Waals surface area (Å²) in [5.74, 6) is -1.30. The van der Waals surface area contributed by atoms with E-state index >= 15 is 0 Å². The van der Waals surface area contributed by atoms with Crippen LogP contribution in [-0.2, 0) is 6.18 Å². The molecule has 0 atom stereocenters. The predicted octanol–water partition coefficient (Wildman–Crippen LogP) is 4.20. The number of carbonyl (C=O) groups is 1. The average molecular weight is 401 g/mol. The van der Waals surface area contributed by atoms with Gasteiger partial charge in [0.2, 0.25) is 0 Å². The Labute approximate surface area is 160 Å². The fraction of sp³-hybridized carbons (Fsp3) is 0.0526. The first-order valence-corrected chi connectivity index (χ1v) is 8.26. The van der Waals surface area contributed by atoms with Gasteiger partial charge in [0.25, 0.3) is 5.91 Å². The van der Waals surface area contributed by atoms with Gasteiger partial charge in [0.05, 0.1) is 35.5 Å². The molecule has 1 aromatic carbocycles. The summed E-state index contributed by atoms with van der Waals surface area (Å²) >= 11 is 0. The Bertz CT molecular complexity index is 1220. The molecule has 1 amide bonds. The van der Waals surface area contributed by atoms with Crippen LogP contribution in [0.3, 0.4) is 0 Å². The van der Waals surface area contributed by atoms with Gasteiger partial charge < -0.3 is 5.32 Å². The van der Waals surface area contributed by atoms with E-state index in [1.807, 2.05) is 0 Å². The monoisotopic (exact) mass is 401 g/mol. The molecular weight excluding hydrogens is 390 g/mol. The van der Waals surface area contributed by atoms with E-state index in [-0.39, 0.29) is 28.3 Å². The number of rotatable bonds is 3. The number of hydrogen-bond donors (Lipinski definition) is 1. The second-order valence-electron chi connectivity index (χ2n) is 6.02. The average Bonchev–Trinajstić information content (AvgIpc) is 3.10. The van der Waals surface area contributed by atoms with Crippen LogP contribution in [0.4, 0.5) is 23.2 Å². The summed E-state index contributed by atoms with van der Waals surface area (Å²) in [6.45, 7) is 0. The summed E-state index contributed by atoms with van der Waals surface area (Å²) in [6, 6.07) is 8.93. The maximum atomic E-state index is 13.3. The Morgan fingerprint density at radius 2 is 1.83 bits per heavy atom. The van der Waals surface area contributed by atoms with E-state index in [9.17, 15) is 22.4 Å². The van der Waals surface area contributed by atoms with Gasteiger partial charge >= 0.3 is 6.18 Å². The van der Waals surface area contributed by atoms with E-state index in [2.05, 4.69) is 20.4 Å². The second kappa shape index (κ2) is 6.97. The van der Waals surface area contributed by atoms with Crippen molar-refractivity contribution in [2.75, 3.05) is 5.32 Å². The van der Waals surface area contributed by atoms with Gasteiger partial charge in [-0.3, -0.25) is 9.78 Å². The third-order valence-corrected chi connectivity index (χ3v) is 4.07. The molecule has 0 saturated heterocycles. The van der Waals surface area contributed by atoms with Gasteiger partial charge in [-0.2, -0.15) is 18.3 Å². The maximum Gasteiger partial charge on any atom is 0.417 e. The number of carbonyl (C=O) groups excluding carboxylic acids is 1. The molecule has 3 heterocycles. The SMILES string of the molecule is O=C(Nc1cncc(F)c1)c1cnc2ccc(-c3ccccc3C(F)(F)F)nn12.